The second-order valence-corrected chi connectivity index (χ2v) is 9.30. The minimum atomic E-state index is 0.117. The minimum Gasteiger partial charge on any atom is -0.467 e. The maximum Gasteiger partial charge on any atom is 0.274 e. The quantitative estimate of drug-likeness (QED) is 0.526. The smallest absolute Gasteiger partial charge is 0.274 e. The molecule has 1 amide bonds. The molecule has 1 aliphatic heterocycles. The number of piperidine rings is 1. The lowest BCUT2D eigenvalue weighted by Gasteiger charge is -2.31. The first kappa shape index (κ1) is 19.3. The largest absolute Gasteiger partial charge is 0.467 e. The summed E-state index contributed by atoms with van der Waals surface area (Å²) in [5.74, 6) is 1.12. The van der Waals surface area contributed by atoms with E-state index in [1.165, 1.54) is 5.56 Å². The number of aryl methyl sites for hydroxylation is 1. The van der Waals surface area contributed by atoms with Gasteiger partial charge in [-0.15, -0.1) is 11.8 Å². The molecule has 0 N–H and O–H groups in total. The van der Waals surface area contributed by atoms with E-state index in [-0.39, 0.29) is 12.0 Å². The molecule has 4 nitrogen and oxygen atoms in total. The highest BCUT2D eigenvalue weighted by Crippen LogP contribution is 2.31. The number of likely N-dealkylation sites (tertiary alicyclic amines) is 1. The Hall–Kier alpha value is -2.05. The molecule has 0 aliphatic carbocycles. The number of nitrogens with zero attached hydrogens (tertiary/aromatic N) is 2. The zero-order valence-electron chi connectivity index (χ0n) is 16.2. The van der Waals surface area contributed by atoms with Crippen LogP contribution in [0.15, 0.2) is 47.4 Å². The van der Waals surface area contributed by atoms with Crippen LogP contribution in [0.5, 0.6) is 5.19 Å². The Kier molecular flexibility index (Phi) is 5.87. The molecule has 1 fully saturated rings. The first-order valence-corrected chi connectivity index (χ1v) is 11.5. The summed E-state index contributed by atoms with van der Waals surface area (Å²) < 4.78 is 7.31. The maximum atomic E-state index is 12.8. The second-order valence-electron chi connectivity index (χ2n) is 6.97. The van der Waals surface area contributed by atoms with Crippen molar-refractivity contribution in [3.63, 3.8) is 0 Å². The van der Waals surface area contributed by atoms with Crippen LogP contribution >= 0.6 is 23.1 Å². The lowest BCUT2D eigenvalue weighted by molar-refractivity contribution is 0.0595. The molecule has 2 aromatic carbocycles. The third-order valence-corrected chi connectivity index (χ3v) is 6.78. The topological polar surface area (TPSA) is 42.4 Å². The predicted molar refractivity (Wildman–Crippen MR) is 117 cm³/mol. The zero-order chi connectivity index (χ0) is 19.5. The molecule has 0 spiro atoms. The first-order chi connectivity index (χ1) is 13.6. The number of benzene rings is 2. The van der Waals surface area contributed by atoms with E-state index >= 15 is 0 Å². The summed E-state index contributed by atoms with van der Waals surface area (Å²) in [7, 11) is 0. The average Bonchev–Trinajstić information content (AvgIpc) is 3.12. The van der Waals surface area contributed by atoms with E-state index in [0.29, 0.717) is 0 Å². The standard InChI is InChI=1S/C22H24N2O2S2/c1-3-27-18-8-5-7-16(14-18)21(25)24-12-10-17(11-13-24)26-22-23-20-15(2)6-4-9-19(20)28-22/h4-9,14,17H,3,10-13H2,1-2H3. The lowest BCUT2D eigenvalue weighted by atomic mass is 10.1. The fraction of sp³-hybridized carbons (Fsp3) is 0.364. The molecular formula is C22H24N2O2S2. The molecule has 3 aromatic rings. The van der Waals surface area contributed by atoms with Crippen molar-refractivity contribution in [2.45, 2.75) is 37.7 Å². The lowest BCUT2D eigenvalue weighted by Crippen LogP contribution is -2.41. The number of para-hydroxylation sites is 1. The van der Waals surface area contributed by atoms with Gasteiger partial charge in [-0.1, -0.05) is 36.5 Å². The van der Waals surface area contributed by atoms with Crippen LogP contribution in [0.25, 0.3) is 10.2 Å². The molecule has 1 aliphatic rings. The van der Waals surface area contributed by atoms with E-state index in [0.717, 1.165) is 57.6 Å². The number of thioether (sulfide) groups is 1. The summed E-state index contributed by atoms with van der Waals surface area (Å²) in [5.41, 5.74) is 2.98. The Balaban J connectivity index is 1.36. The van der Waals surface area contributed by atoms with Gasteiger partial charge in [-0.25, -0.2) is 4.98 Å². The van der Waals surface area contributed by atoms with E-state index < -0.39 is 0 Å². The van der Waals surface area contributed by atoms with Gasteiger partial charge in [0.15, 0.2) is 0 Å². The Morgan fingerprint density at radius 3 is 2.79 bits per heavy atom. The molecular weight excluding hydrogens is 388 g/mol. The number of thiazole rings is 1. The van der Waals surface area contributed by atoms with Gasteiger partial charge in [-0.2, -0.15) is 0 Å². The van der Waals surface area contributed by atoms with Gasteiger partial charge in [0.25, 0.3) is 11.1 Å². The van der Waals surface area contributed by atoms with Crippen LogP contribution in [0.2, 0.25) is 0 Å². The van der Waals surface area contributed by atoms with Gasteiger partial charge in [0.05, 0.1) is 10.2 Å². The van der Waals surface area contributed by atoms with Crippen molar-refractivity contribution in [2.75, 3.05) is 18.8 Å². The monoisotopic (exact) mass is 412 g/mol. The van der Waals surface area contributed by atoms with Crippen LogP contribution in [-0.2, 0) is 0 Å². The summed E-state index contributed by atoms with van der Waals surface area (Å²) in [6.45, 7) is 5.64. The Morgan fingerprint density at radius 1 is 1.25 bits per heavy atom. The van der Waals surface area contributed by atoms with Crippen LogP contribution in [-0.4, -0.2) is 40.7 Å². The van der Waals surface area contributed by atoms with Gasteiger partial charge < -0.3 is 9.64 Å². The highest BCUT2D eigenvalue weighted by Gasteiger charge is 2.25. The van der Waals surface area contributed by atoms with Crippen LogP contribution < -0.4 is 4.74 Å². The molecule has 0 radical (unpaired) electrons. The summed E-state index contributed by atoms with van der Waals surface area (Å²) in [5, 5.41) is 0.735. The average molecular weight is 413 g/mol. The van der Waals surface area contributed by atoms with Crippen molar-refractivity contribution in [3.05, 3.63) is 53.6 Å². The molecule has 4 rings (SSSR count). The van der Waals surface area contributed by atoms with Crippen molar-refractivity contribution in [3.8, 4) is 5.19 Å². The number of carbonyl (C=O) groups excluding carboxylic acids is 1. The van der Waals surface area contributed by atoms with Crippen molar-refractivity contribution in [1.29, 1.82) is 0 Å². The van der Waals surface area contributed by atoms with Gasteiger partial charge in [0.1, 0.15) is 6.10 Å². The number of hydrogen-bond donors (Lipinski definition) is 0. The molecule has 0 atom stereocenters. The van der Waals surface area contributed by atoms with E-state index in [1.54, 1.807) is 23.1 Å². The van der Waals surface area contributed by atoms with Crippen molar-refractivity contribution in [2.24, 2.45) is 0 Å². The van der Waals surface area contributed by atoms with E-state index in [1.807, 2.05) is 23.1 Å². The van der Waals surface area contributed by atoms with Gasteiger partial charge in [-0.05, 0) is 42.5 Å². The highest BCUT2D eigenvalue weighted by atomic mass is 32.2. The number of amides is 1. The van der Waals surface area contributed by atoms with Gasteiger partial charge >= 0.3 is 0 Å². The van der Waals surface area contributed by atoms with Crippen LogP contribution in [0.1, 0.15) is 35.7 Å². The molecule has 1 saturated heterocycles. The first-order valence-electron chi connectivity index (χ1n) is 9.69. The van der Waals surface area contributed by atoms with Crippen molar-refractivity contribution < 1.29 is 9.53 Å². The van der Waals surface area contributed by atoms with Crippen LogP contribution in [0, 0.1) is 6.92 Å². The molecule has 2 heterocycles. The number of fused-ring (bicyclic) bond motifs is 1. The summed E-state index contributed by atoms with van der Waals surface area (Å²) in [6, 6.07) is 14.2. The zero-order valence-corrected chi connectivity index (χ0v) is 17.8. The van der Waals surface area contributed by atoms with Gasteiger partial charge in [-0.3, -0.25) is 4.79 Å². The minimum absolute atomic E-state index is 0.117. The van der Waals surface area contributed by atoms with E-state index in [4.69, 9.17) is 4.74 Å². The fourth-order valence-corrected chi connectivity index (χ4v) is 5.18. The SMILES string of the molecule is CCSc1cccc(C(=O)N2CCC(Oc3nc4c(C)cccc4s3)CC2)c1. The van der Waals surface area contributed by atoms with E-state index in [2.05, 4.69) is 43.1 Å². The summed E-state index contributed by atoms with van der Waals surface area (Å²) in [6.07, 6.45) is 1.79. The summed E-state index contributed by atoms with van der Waals surface area (Å²) >= 11 is 3.36. The van der Waals surface area contributed by atoms with Crippen molar-refractivity contribution in [1.82, 2.24) is 9.88 Å². The predicted octanol–water partition coefficient (Wildman–Crippen LogP) is 5.40. The number of aromatic nitrogens is 1. The Labute approximate surface area is 173 Å². The number of hydrogen-bond acceptors (Lipinski definition) is 5. The Morgan fingerprint density at radius 2 is 2.04 bits per heavy atom. The Bertz CT molecular complexity index is 978. The normalized spacial score (nSPS) is 15.1. The molecule has 0 unspecified atom stereocenters. The number of ether oxygens (including phenoxy) is 1. The molecule has 1 aromatic heterocycles. The molecule has 0 bridgehead atoms. The molecule has 6 heteroatoms. The number of rotatable bonds is 5. The molecule has 28 heavy (non-hydrogen) atoms. The second kappa shape index (κ2) is 8.53. The third kappa shape index (κ3) is 4.18. The van der Waals surface area contributed by atoms with Gasteiger partial charge in [0, 0.05) is 36.4 Å². The van der Waals surface area contributed by atoms with Gasteiger partial charge in [0.2, 0.25) is 0 Å². The van der Waals surface area contributed by atoms with Crippen LogP contribution in [0.3, 0.4) is 0 Å². The number of carbonyl (C=O) groups is 1. The summed E-state index contributed by atoms with van der Waals surface area (Å²) in [4.78, 5) is 20.6. The molecule has 146 valence electrons. The maximum absolute atomic E-state index is 12.8. The van der Waals surface area contributed by atoms with Crippen LogP contribution in [0.4, 0.5) is 0 Å². The van der Waals surface area contributed by atoms with Crippen molar-refractivity contribution >= 4 is 39.2 Å². The fourth-order valence-electron chi connectivity index (χ4n) is 3.50. The molecule has 0 saturated carbocycles. The third-order valence-electron chi connectivity index (χ3n) is 4.99. The highest BCUT2D eigenvalue weighted by molar-refractivity contribution is 7.99. The van der Waals surface area contributed by atoms with E-state index in [9.17, 15) is 4.79 Å².